The molecule has 0 saturated heterocycles. The molecule has 0 aromatic rings. The number of rotatable bonds is 3. The summed E-state index contributed by atoms with van der Waals surface area (Å²) in [4.78, 5) is 10.8. The van der Waals surface area contributed by atoms with Crippen molar-refractivity contribution < 1.29 is 4.79 Å². The summed E-state index contributed by atoms with van der Waals surface area (Å²) in [6.45, 7) is 0. The Hall–Kier alpha value is -0.420. The fraction of sp³-hybridized carbons (Fsp3) is 0.700. The minimum Gasteiger partial charge on any atom is -0.284 e. The van der Waals surface area contributed by atoms with E-state index in [0.29, 0.717) is 11.0 Å². The van der Waals surface area contributed by atoms with Crippen LogP contribution in [0.5, 0.6) is 0 Å². The van der Waals surface area contributed by atoms with Crippen LogP contribution < -0.4 is 0 Å². The zero-order valence-corrected chi connectivity index (χ0v) is 8.03. The van der Waals surface area contributed by atoms with E-state index in [2.05, 4.69) is 5.92 Å². The van der Waals surface area contributed by atoms with Crippen molar-refractivity contribution in [3.63, 3.8) is 0 Å². The second-order valence-electron chi connectivity index (χ2n) is 3.14. The third-order valence-electron chi connectivity index (χ3n) is 2.16. The molecule has 0 spiro atoms. The van der Waals surface area contributed by atoms with Crippen molar-refractivity contribution in [2.75, 3.05) is 5.75 Å². The predicted molar refractivity (Wildman–Crippen MR) is 53.2 cm³/mol. The van der Waals surface area contributed by atoms with Gasteiger partial charge in [0.25, 0.3) is 0 Å². The average Bonchev–Trinajstić information content (AvgIpc) is 2.16. The van der Waals surface area contributed by atoms with Crippen LogP contribution in [-0.2, 0) is 4.79 Å². The highest BCUT2D eigenvalue weighted by atomic mass is 32.2. The molecule has 1 saturated carbocycles. The van der Waals surface area contributed by atoms with E-state index in [1.807, 2.05) is 0 Å². The molecule has 0 N–H and O–H groups in total. The summed E-state index contributed by atoms with van der Waals surface area (Å²) in [6.07, 6.45) is 11.5. The summed E-state index contributed by atoms with van der Waals surface area (Å²) >= 11 is 1.74. The average molecular weight is 182 g/mol. The summed E-state index contributed by atoms with van der Waals surface area (Å²) in [5.41, 5.74) is 0. The molecule has 12 heavy (non-hydrogen) atoms. The first-order valence-corrected chi connectivity index (χ1v) is 5.49. The van der Waals surface area contributed by atoms with Gasteiger partial charge in [0.15, 0.2) is 0 Å². The molecule has 1 nitrogen and oxygen atoms in total. The van der Waals surface area contributed by atoms with Crippen LogP contribution in [0.15, 0.2) is 0 Å². The van der Waals surface area contributed by atoms with E-state index in [1.54, 1.807) is 11.8 Å². The van der Waals surface area contributed by atoms with Crippen molar-refractivity contribution in [2.24, 2.45) is 0 Å². The Morgan fingerprint density at radius 3 is 2.67 bits per heavy atom. The molecule has 1 aliphatic rings. The van der Waals surface area contributed by atoms with Gasteiger partial charge in [-0.05, 0) is 18.8 Å². The zero-order chi connectivity index (χ0) is 8.81. The van der Waals surface area contributed by atoms with Gasteiger partial charge >= 0.3 is 0 Å². The summed E-state index contributed by atoms with van der Waals surface area (Å²) < 4.78 is 0. The van der Waals surface area contributed by atoms with Gasteiger partial charge in [0.1, 0.15) is 0 Å². The third-order valence-corrected chi connectivity index (χ3v) is 3.53. The minimum absolute atomic E-state index is 0.0643. The van der Waals surface area contributed by atoms with Crippen LogP contribution >= 0.6 is 11.8 Å². The molecule has 1 rings (SSSR count). The lowest BCUT2D eigenvalue weighted by Crippen LogP contribution is -2.11. The van der Waals surface area contributed by atoms with Gasteiger partial charge in [-0.15, -0.1) is 18.2 Å². The van der Waals surface area contributed by atoms with Gasteiger partial charge in [0, 0.05) is 5.25 Å². The van der Waals surface area contributed by atoms with Crippen molar-refractivity contribution in [3.05, 3.63) is 0 Å². The molecule has 0 unspecified atom stereocenters. The molecule has 0 heterocycles. The molecule has 66 valence electrons. The monoisotopic (exact) mass is 182 g/mol. The third kappa shape index (κ3) is 3.32. The number of hydrogen-bond donors (Lipinski definition) is 0. The van der Waals surface area contributed by atoms with Gasteiger partial charge in [-0.1, -0.05) is 19.3 Å². The van der Waals surface area contributed by atoms with Crippen molar-refractivity contribution in [3.8, 4) is 12.3 Å². The van der Waals surface area contributed by atoms with Crippen LogP contribution in [0.2, 0.25) is 0 Å². The van der Waals surface area contributed by atoms with Gasteiger partial charge in [0.2, 0.25) is 5.78 Å². The van der Waals surface area contributed by atoms with Crippen LogP contribution in [0.1, 0.15) is 32.1 Å². The molecule has 0 aromatic carbocycles. The smallest absolute Gasteiger partial charge is 0.215 e. The maximum Gasteiger partial charge on any atom is 0.215 e. The second-order valence-corrected chi connectivity index (χ2v) is 4.43. The van der Waals surface area contributed by atoms with Crippen molar-refractivity contribution in [1.29, 1.82) is 0 Å². The van der Waals surface area contributed by atoms with E-state index in [1.165, 1.54) is 32.1 Å². The van der Waals surface area contributed by atoms with Gasteiger partial charge in [-0.2, -0.15) is 0 Å². The SMILES string of the molecule is C#CC(=O)CSC1CCCCC1. The predicted octanol–water partition coefficient (Wildman–Crippen LogP) is 2.25. The van der Waals surface area contributed by atoms with Crippen LogP contribution in [0.4, 0.5) is 0 Å². The molecule has 0 aliphatic heterocycles. The van der Waals surface area contributed by atoms with E-state index in [9.17, 15) is 4.79 Å². The summed E-state index contributed by atoms with van der Waals surface area (Å²) in [7, 11) is 0. The van der Waals surface area contributed by atoms with Crippen molar-refractivity contribution >= 4 is 17.5 Å². The number of thioether (sulfide) groups is 1. The standard InChI is InChI=1S/C10H14OS/c1-2-9(11)8-12-10-6-4-3-5-7-10/h1,10H,3-8H2. The van der Waals surface area contributed by atoms with Crippen molar-refractivity contribution in [1.82, 2.24) is 0 Å². The van der Waals surface area contributed by atoms with E-state index in [4.69, 9.17) is 6.42 Å². The van der Waals surface area contributed by atoms with Crippen LogP contribution in [-0.4, -0.2) is 16.8 Å². The maximum atomic E-state index is 10.8. The number of Topliss-reactive ketones (excluding diaryl/α,β-unsaturated/α-hetero) is 1. The molecule has 0 radical (unpaired) electrons. The highest BCUT2D eigenvalue weighted by molar-refractivity contribution is 8.00. The molecular weight excluding hydrogens is 168 g/mol. The summed E-state index contributed by atoms with van der Waals surface area (Å²) in [5.74, 6) is 2.60. The Bertz CT molecular complexity index is 187. The first-order valence-electron chi connectivity index (χ1n) is 4.44. The lowest BCUT2D eigenvalue weighted by molar-refractivity contribution is -0.111. The highest BCUT2D eigenvalue weighted by Crippen LogP contribution is 2.27. The quantitative estimate of drug-likeness (QED) is 0.492. The van der Waals surface area contributed by atoms with Crippen molar-refractivity contribution in [2.45, 2.75) is 37.4 Å². The van der Waals surface area contributed by atoms with Gasteiger partial charge in [0.05, 0.1) is 5.75 Å². The molecule has 0 aromatic heterocycles. The summed E-state index contributed by atoms with van der Waals surface area (Å²) in [6, 6.07) is 0. The fourth-order valence-corrected chi connectivity index (χ4v) is 2.60. The normalized spacial score (nSPS) is 18.6. The minimum atomic E-state index is -0.0643. The van der Waals surface area contributed by atoms with E-state index < -0.39 is 0 Å². The van der Waals surface area contributed by atoms with Crippen LogP contribution in [0.25, 0.3) is 0 Å². The van der Waals surface area contributed by atoms with Gasteiger partial charge < -0.3 is 0 Å². The largest absolute Gasteiger partial charge is 0.284 e. The molecule has 0 bridgehead atoms. The number of terminal acetylenes is 1. The molecule has 1 aliphatic carbocycles. The highest BCUT2D eigenvalue weighted by Gasteiger charge is 2.14. The second kappa shape index (κ2) is 5.27. The molecular formula is C10H14OS. The van der Waals surface area contributed by atoms with E-state index in [0.717, 1.165) is 0 Å². The Labute approximate surface area is 78.3 Å². The molecule has 0 amide bonds. The molecule has 2 heteroatoms. The Morgan fingerprint density at radius 1 is 1.42 bits per heavy atom. The number of carbonyl (C=O) groups excluding carboxylic acids is 1. The first-order chi connectivity index (χ1) is 5.83. The Kier molecular flexibility index (Phi) is 4.24. The van der Waals surface area contributed by atoms with Crippen LogP contribution in [0.3, 0.4) is 0 Å². The number of carbonyl (C=O) groups is 1. The van der Waals surface area contributed by atoms with Crippen LogP contribution in [0, 0.1) is 12.3 Å². The lowest BCUT2D eigenvalue weighted by atomic mass is 10.0. The molecule has 1 fully saturated rings. The summed E-state index contributed by atoms with van der Waals surface area (Å²) in [5, 5.41) is 0.691. The maximum absolute atomic E-state index is 10.8. The first kappa shape index (κ1) is 9.67. The number of hydrogen-bond acceptors (Lipinski definition) is 2. The zero-order valence-electron chi connectivity index (χ0n) is 7.21. The van der Waals surface area contributed by atoms with Gasteiger partial charge in [-0.3, -0.25) is 4.79 Å². The topological polar surface area (TPSA) is 17.1 Å². The fourth-order valence-electron chi connectivity index (χ4n) is 1.47. The Balaban J connectivity index is 2.14. The van der Waals surface area contributed by atoms with Gasteiger partial charge in [-0.25, -0.2) is 0 Å². The van der Waals surface area contributed by atoms with E-state index in [-0.39, 0.29) is 5.78 Å². The molecule has 0 atom stereocenters. The Morgan fingerprint density at radius 2 is 2.08 bits per heavy atom. The van der Waals surface area contributed by atoms with E-state index >= 15 is 0 Å². The lowest BCUT2D eigenvalue weighted by Gasteiger charge is -2.19. The number of ketones is 1.